The minimum absolute atomic E-state index is 0.0321. The van der Waals surface area contributed by atoms with Crippen molar-refractivity contribution in [3.05, 3.63) is 53.6 Å². The summed E-state index contributed by atoms with van der Waals surface area (Å²) < 4.78 is 10.6. The molecule has 3 aromatic rings. The molecule has 3 rings (SSSR count). The topological polar surface area (TPSA) is 64.4 Å². The van der Waals surface area contributed by atoms with Crippen LogP contribution < -0.4 is 5.32 Å². The first-order valence-electron chi connectivity index (χ1n) is 8.12. The third-order valence-corrected chi connectivity index (χ3v) is 4.88. The summed E-state index contributed by atoms with van der Waals surface area (Å²) >= 11 is 1.33. The van der Waals surface area contributed by atoms with Crippen LogP contribution in [0.3, 0.4) is 0 Å². The Balaban J connectivity index is 1.97. The zero-order valence-corrected chi connectivity index (χ0v) is 15.0. The van der Waals surface area contributed by atoms with E-state index in [0.29, 0.717) is 27.9 Å². The first-order chi connectivity index (χ1) is 12.2. The van der Waals surface area contributed by atoms with Crippen molar-refractivity contribution >= 4 is 17.2 Å². The number of aromatic nitrogens is 1. The van der Waals surface area contributed by atoms with E-state index in [-0.39, 0.29) is 11.9 Å². The van der Waals surface area contributed by atoms with Crippen molar-refractivity contribution in [2.75, 3.05) is 13.7 Å². The Kier molecular flexibility index (Phi) is 5.63. The molecule has 1 atom stereocenters. The number of furan rings is 1. The van der Waals surface area contributed by atoms with Gasteiger partial charge in [-0.05, 0) is 18.6 Å². The molecule has 0 saturated heterocycles. The van der Waals surface area contributed by atoms with Crippen molar-refractivity contribution in [3.8, 4) is 22.0 Å². The Morgan fingerprint density at radius 3 is 2.72 bits per heavy atom. The number of carbonyl (C=O) groups excluding carboxylic acids is 1. The maximum atomic E-state index is 12.8. The SMILES string of the molecule is CCC(COC)NC(=O)c1sc(-c2ccco2)nc1-c1ccccc1. The van der Waals surface area contributed by atoms with Gasteiger partial charge in [0.15, 0.2) is 10.8 Å². The number of hydrogen-bond donors (Lipinski definition) is 1. The molecule has 2 aromatic heterocycles. The van der Waals surface area contributed by atoms with E-state index in [1.807, 2.05) is 49.4 Å². The minimum Gasteiger partial charge on any atom is -0.462 e. The molecule has 5 nitrogen and oxygen atoms in total. The lowest BCUT2D eigenvalue weighted by Gasteiger charge is -2.15. The summed E-state index contributed by atoms with van der Waals surface area (Å²) in [7, 11) is 1.63. The summed E-state index contributed by atoms with van der Waals surface area (Å²) in [5.74, 6) is 0.517. The van der Waals surface area contributed by atoms with Gasteiger partial charge in [-0.25, -0.2) is 4.98 Å². The van der Waals surface area contributed by atoms with Gasteiger partial charge in [0.2, 0.25) is 0 Å². The molecule has 1 aromatic carbocycles. The van der Waals surface area contributed by atoms with Gasteiger partial charge in [-0.3, -0.25) is 4.79 Å². The van der Waals surface area contributed by atoms with Gasteiger partial charge in [0.05, 0.1) is 24.6 Å². The molecule has 0 fully saturated rings. The van der Waals surface area contributed by atoms with Gasteiger partial charge in [-0.1, -0.05) is 37.3 Å². The zero-order chi connectivity index (χ0) is 17.6. The predicted molar refractivity (Wildman–Crippen MR) is 98.7 cm³/mol. The second-order valence-corrected chi connectivity index (χ2v) is 6.57. The van der Waals surface area contributed by atoms with E-state index in [2.05, 4.69) is 10.3 Å². The van der Waals surface area contributed by atoms with Crippen molar-refractivity contribution < 1.29 is 13.9 Å². The van der Waals surface area contributed by atoms with Crippen LogP contribution in [0.2, 0.25) is 0 Å². The molecule has 0 bridgehead atoms. The number of methoxy groups -OCH3 is 1. The summed E-state index contributed by atoms with van der Waals surface area (Å²) in [5.41, 5.74) is 1.57. The molecule has 1 amide bonds. The largest absolute Gasteiger partial charge is 0.462 e. The van der Waals surface area contributed by atoms with E-state index in [0.717, 1.165) is 12.0 Å². The van der Waals surface area contributed by atoms with Crippen LogP contribution in [0.4, 0.5) is 0 Å². The highest BCUT2D eigenvalue weighted by Crippen LogP contribution is 2.34. The van der Waals surface area contributed by atoms with Gasteiger partial charge in [-0.2, -0.15) is 0 Å². The zero-order valence-electron chi connectivity index (χ0n) is 14.2. The Hall–Kier alpha value is -2.44. The summed E-state index contributed by atoms with van der Waals surface area (Å²) in [4.78, 5) is 18.1. The van der Waals surface area contributed by atoms with Crippen LogP contribution in [0.5, 0.6) is 0 Å². The lowest BCUT2D eigenvalue weighted by Crippen LogP contribution is -2.37. The Bertz CT molecular complexity index is 813. The number of benzene rings is 1. The highest BCUT2D eigenvalue weighted by atomic mass is 32.1. The number of carbonyl (C=O) groups is 1. The van der Waals surface area contributed by atoms with E-state index >= 15 is 0 Å². The van der Waals surface area contributed by atoms with Gasteiger partial charge >= 0.3 is 0 Å². The van der Waals surface area contributed by atoms with Crippen molar-refractivity contribution in [1.82, 2.24) is 10.3 Å². The highest BCUT2D eigenvalue weighted by Gasteiger charge is 2.22. The molecular formula is C19H20N2O3S. The molecule has 1 N–H and O–H groups in total. The molecule has 130 valence electrons. The highest BCUT2D eigenvalue weighted by molar-refractivity contribution is 7.17. The van der Waals surface area contributed by atoms with Crippen LogP contribution in [0.1, 0.15) is 23.0 Å². The summed E-state index contributed by atoms with van der Waals surface area (Å²) in [6, 6.07) is 13.3. The molecule has 1 unspecified atom stereocenters. The third-order valence-electron chi connectivity index (χ3n) is 3.81. The molecule has 2 heterocycles. The first kappa shape index (κ1) is 17.4. The average Bonchev–Trinajstić information content (AvgIpc) is 3.31. The van der Waals surface area contributed by atoms with E-state index in [1.165, 1.54) is 11.3 Å². The lowest BCUT2D eigenvalue weighted by atomic mass is 10.1. The van der Waals surface area contributed by atoms with Gasteiger partial charge in [0.1, 0.15) is 4.88 Å². The fraction of sp³-hybridized carbons (Fsp3) is 0.263. The number of rotatable bonds is 7. The number of thiazole rings is 1. The number of nitrogens with one attached hydrogen (secondary N) is 1. The quantitative estimate of drug-likeness (QED) is 0.688. The number of hydrogen-bond acceptors (Lipinski definition) is 5. The fourth-order valence-electron chi connectivity index (χ4n) is 2.49. The second kappa shape index (κ2) is 8.09. The monoisotopic (exact) mass is 356 g/mol. The molecule has 0 spiro atoms. The van der Waals surface area contributed by atoms with Gasteiger partial charge in [0.25, 0.3) is 5.91 Å². The molecule has 0 aliphatic carbocycles. The maximum Gasteiger partial charge on any atom is 0.263 e. The molecule has 0 saturated carbocycles. The standard InChI is InChI=1S/C19H20N2O3S/c1-3-14(12-23-2)20-18(22)17-16(13-8-5-4-6-9-13)21-19(25-17)15-10-7-11-24-15/h4-11,14H,3,12H2,1-2H3,(H,20,22). The van der Waals surface area contributed by atoms with Crippen molar-refractivity contribution in [2.45, 2.75) is 19.4 Å². The van der Waals surface area contributed by atoms with Crippen LogP contribution in [0.25, 0.3) is 22.0 Å². The molecule has 25 heavy (non-hydrogen) atoms. The average molecular weight is 356 g/mol. The van der Waals surface area contributed by atoms with Crippen molar-refractivity contribution in [3.63, 3.8) is 0 Å². The van der Waals surface area contributed by atoms with E-state index < -0.39 is 0 Å². The van der Waals surface area contributed by atoms with Crippen LogP contribution in [-0.4, -0.2) is 30.6 Å². The predicted octanol–water partition coefficient (Wildman–Crippen LogP) is 4.22. The van der Waals surface area contributed by atoms with Gasteiger partial charge in [0, 0.05) is 12.7 Å². The molecule has 0 radical (unpaired) electrons. The van der Waals surface area contributed by atoms with Crippen LogP contribution in [0.15, 0.2) is 53.1 Å². The number of ether oxygens (including phenoxy) is 1. The fourth-order valence-corrected chi connectivity index (χ4v) is 3.44. The van der Waals surface area contributed by atoms with Gasteiger partial charge < -0.3 is 14.5 Å². The first-order valence-corrected chi connectivity index (χ1v) is 8.94. The molecular weight excluding hydrogens is 336 g/mol. The van der Waals surface area contributed by atoms with Crippen LogP contribution in [-0.2, 0) is 4.74 Å². The van der Waals surface area contributed by atoms with Crippen molar-refractivity contribution in [1.29, 1.82) is 0 Å². The smallest absolute Gasteiger partial charge is 0.263 e. The normalized spacial score (nSPS) is 12.1. The van der Waals surface area contributed by atoms with E-state index in [1.54, 1.807) is 13.4 Å². The number of nitrogens with zero attached hydrogens (tertiary/aromatic N) is 1. The summed E-state index contributed by atoms with van der Waals surface area (Å²) in [6.07, 6.45) is 2.40. The van der Waals surface area contributed by atoms with Gasteiger partial charge in [-0.15, -0.1) is 11.3 Å². The second-order valence-electron chi connectivity index (χ2n) is 5.57. The molecule has 0 aliphatic rings. The Morgan fingerprint density at radius 1 is 1.28 bits per heavy atom. The third kappa shape index (κ3) is 3.97. The molecule has 6 heteroatoms. The van der Waals surface area contributed by atoms with Crippen molar-refractivity contribution in [2.24, 2.45) is 0 Å². The molecule has 0 aliphatic heterocycles. The Morgan fingerprint density at radius 2 is 2.08 bits per heavy atom. The lowest BCUT2D eigenvalue weighted by molar-refractivity contribution is 0.0899. The Labute approximate surface area is 150 Å². The van der Waals surface area contributed by atoms with E-state index in [9.17, 15) is 4.79 Å². The summed E-state index contributed by atoms with van der Waals surface area (Å²) in [6.45, 7) is 2.50. The van der Waals surface area contributed by atoms with Crippen LogP contribution >= 0.6 is 11.3 Å². The van der Waals surface area contributed by atoms with Crippen LogP contribution in [0, 0.1) is 0 Å². The maximum absolute atomic E-state index is 12.8. The van der Waals surface area contributed by atoms with E-state index in [4.69, 9.17) is 9.15 Å². The minimum atomic E-state index is -0.141. The summed E-state index contributed by atoms with van der Waals surface area (Å²) in [5, 5.41) is 3.72. The number of amides is 1.